The lowest BCUT2D eigenvalue weighted by atomic mass is 9.97. The summed E-state index contributed by atoms with van der Waals surface area (Å²) in [6, 6.07) is 0. The highest BCUT2D eigenvalue weighted by Crippen LogP contribution is 2.30. The van der Waals surface area contributed by atoms with Crippen LogP contribution in [-0.2, 0) is 24.1 Å². The molecule has 0 fully saturated rings. The summed E-state index contributed by atoms with van der Waals surface area (Å²) >= 11 is 1.75. The first-order valence-corrected chi connectivity index (χ1v) is 6.76. The minimum Gasteiger partial charge on any atom is -0.478 e. The van der Waals surface area contributed by atoms with Crippen molar-refractivity contribution in [3.63, 3.8) is 0 Å². The molecule has 0 amide bonds. The average Bonchev–Trinajstić information content (AvgIpc) is 2.56. The van der Waals surface area contributed by atoms with E-state index in [-0.39, 0.29) is 0 Å². The molecule has 0 saturated heterocycles. The van der Waals surface area contributed by atoms with Crippen LogP contribution in [0.2, 0.25) is 0 Å². The van der Waals surface area contributed by atoms with Gasteiger partial charge in [-0.15, -0.1) is 11.3 Å². The van der Waals surface area contributed by atoms with Crippen LogP contribution in [0.25, 0.3) is 0 Å². The van der Waals surface area contributed by atoms with Gasteiger partial charge in [-0.3, -0.25) is 0 Å². The van der Waals surface area contributed by atoms with Gasteiger partial charge in [-0.1, -0.05) is 19.4 Å². The van der Waals surface area contributed by atoms with Gasteiger partial charge in [0.25, 0.3) is 0 Å². The molecule has 0 bridgehead atoms. The lowest BCUT2D eigenvalue weighted by Gasteiger charge is -2.12. The van der Waals surface area contributed by atoms with Gasteiger partial charge >= 0.3 is 5.97 Å². The van der Waals surface area contributed by atoms with Gasteiger partial charge in [0.15, 0.2) is 0 Å². The molecule has 1 aromatic rings. The van der Waals surface area contributed by atoms with E-state index in [0.717, 1.165) is 31.3 Å². The molecule has 0 saturated carbocycles. The Labute approximate surface area is 105 Å². The third-order valence-electron chi connectivity index (χ3n) is 2.80. The number of hydrogen-bond acceptors (Lipinski definition) is 3. The van der Waals surface area contributed by atoms with E-state index in [2.05, 4.69) is 18.8 Å². The summed E-state index contributed by atoms with van der Waals surface area (Å²) in [5.74, 6) is -0.216. The van der Waals surface area contributed by atoms with Crippen LogP contribution in [0.15, 0.2) is 11.6 Å². The molecule has 0 aliphatic heterocycles. The molecule has 1 aromatic heterocycles. The monoisotopic (exact) mass is 251 g/mol. The van der Waals surface area contributed by atoms with E-state index in [9.17, 15) is 4.79 Å². The highest BCUT2D eigenvalue weighted by atomic mass is 32.1. The van der Waals surface area contributed by atoms with Crippen molar-refractivity contribution in [2.75, 3.05) is 0 Å². The molecule has 2 rings (SSSR count). The zero-order valence-electron chi connectivity index (χ0n) is 10.2. The average molecular weight is 251 g/mol. The smallest absolute Gasteiger partial charge is 0.328 e. The number of aryl methyl sites for hydroxylation is 1. The number of aliphatic carboxylic acids is 1. The molecule has 1 aliphatic carbocycles. The molecule has 17 heavy (non-hydrogen) atoms. The maximum atomic E-state index is 10.6. The van der Waals surface area contributed by atoms with Crippen molar-refractivity contribution in [1.82, 2.24) is 4.98 Å². The fourth-order valence-electron chi connectivity index (χ4n) is 2.08. The standard InChI is InChI=1S/C13H17NO2S/c1-8(2)5-12-14-10-4-3-9(7-13(15)16)6-11(10)17-12/h7-8H,3-6H2,1-2H3,(H,15,16)/b9-7+. The van der Waals surface area contributed by atoms with Crippen LogP contribution >= 0.6 is 11.3 Å². The normalized spacial score (nSPS) is 17.5. The lowest BCUT2D eigenvalue weighted by molar-refractivity contribution is -0.131. The van der Waals surface area contributed by atoms with E-state index in [1.54, 1.807) is 11.3 Å². The van der Waals surface area contributed by atoms with Gasteiger partial charge in [-0.2, -0.15) is 0 Å². The summed E-state index contributed by atoms with van der Waals surface area (Å²) in [6.45, 7) is 4.38. The number of nitrogens with zero attached hydrogens (tertiary/aromatic N) is 1. The lowest BCUT2D eigenvalue weighted by Crippen LogP contribution is -2.05. The topological polar surface area (TPSA) is 50.2 Å². The number of fused-ring (bicyclic) bond motifs is 1. The number of carboxylic acid groups (broad SMARTS) is 1. The first-order chi connectivity index (χ1) is 8.04. The van der Waals surface area contributed by atoms with Gasteiger partial charge in [-0.25, -0.2) is 9.78 Å². The van der Waals surface area contributed by atoms with Crippen LogP contribution in [0, 0.1) is 5.92 Å². The Balaban J connectivity index is 2.15. The Kier molecular flexibility index (Phi) is 3.62. The van der Waals surface area contributed by atoms with Crippen LogP contribution in [0.1, 0.15) is 35.8 Å². The summed E-state index contributed by atoms with van der Waals surface area (Å²) in [5, 5.41) is 9.95. The summed E-state index contributed by atoms with van der Waals surface area (Å²) < 4.78 is 0. The van der Waals surface area contributed by atoms with Gasteiger partial charge < -0.3 is 5.11 Å². The second-order valence-corrected chi connectivity index (χ2v) is 6.06. The molecule has 0 unspecified atom stereocenters. The maximum Gasteiger partial charge on any atom is 0.328 e. The zero-order chi connectivity index (χ0) is 12.4. The molecule has 1 heterocycles. The Morgan fingerprint density at radius 1 is 1.53 bits per heavy atom. The van der Waals surface area contributed by atoms with Crippen molar-refractivity contribution in [2.45, 2.75) is 39.5 Å². The highest BCUT2D eigenvalue weighted by molar-refractivity contribution is 7.11. The zero-order valence-corrected chi connectivity index (χ0v) is 11.0. The summed E-state index contributed by atoms with van der Waals surface area (Å²) in [5.41, 5.74) is 2.21. The quantitative estimate of drug-likeness (QED) is 0.840. The third-order valence-corrected chi connectivity index (χ3v) is 3.92. The molecule has 1 N–H and O–H groups in total. The number of thiazole rings is 1. The minimum absolute atomic E-state index is 0.622. The highest BCUT2D eigenvalue weighted by Gasteiger charge is 2.19. The molecular formula is C13H17NO2S. The first kappa shape index (κ1) is 12.3. The van der Waals surface area contributed by atoms with Gasteiger partial charge in [-0.05, 0) is 18.8 Å². The second-order valence-electron chi connectivity index (χ2n) is 4.89. The fourth-order valence-corrected chi connectivity index (χ4v) is 3.46. The molecule has 0 atom stereocenters. The predicted molar refractivity (Wildman–Crippen MR) is 68.4 cm³/mol. The van der Waals surface area contributed by atoms with E-state index in [1.165, 1.54) is 21.7 Å². The molecule has 0 radical (unpaired) electrons. The number of rotatable bonds is 3. The molecule has 92 valence electrons. The van der Waals surface area contributed by atoms with Crippen LogP contribution in [0.4, 0.5) is 0 Å². The number of aromatic nitrogens is 1. The Hall–Kier alpha value is -1.16. The van der Waals surface area contributed by atoms with Gasteiger partial charge in [0.1, 0.15) is 0 Å². The number of carbonyl (C=O) groups is 1. The predicted octanol–water partition coefficient (Wildman–Crippen LogP) is 2.84. The van der Waals surface area contributed by atoms with Crippen molar-refractivity contribution >= 4 is 17.3 Å². The van der Waals surface area contributed by atoms with Crippen molar-refractivity contribution < 1.29 is 9.90 Å². The Morgan fingerprint density at radius 2 is 2.29 bits per heavy atom. The molecule has 3 nitrogen and oxygen atoms in total. The third kappa shape index (κ3) is 3.16. The molecular weight excluding hydrogens is 234 g/mol. The van der Waals surface area contributed by atoms with Crippen molar-refractivity contribution in [3.8, 4) is 0 Å². The number of carboxylic acids is 1. The molecule has 4 heteroatoms. The van der Waals surface area contributed by atoms with E-state index in [1.807, 2.05) is 0 Å². The molecule has 0 spiro atoms. The van der Waals surface area contributed by atoms with Crippen molar-refractivity contribution in [3.05, 3.63) is 27.2 Å². The molecule has 1 aliphatic rings. The summed E-state index contributed by atoms with van der Waals surface area (Å²) in [6.07, 6.45) is 4.88. The van der Waals surface area contributed by atoms with Crippen LogP contribution < -0.4 is 0 Å². The van der Waals surface area contributed by atoms with Gasteiger partial charge in [0.2, 0.25) is 0 Å². The first-order valence-electron chi connectivity index (χ1n) is 5.94. The second kappa shape index (κ2) is 5.00. The van der Waals surface area contributed by atoms with Crippen molar-refractivity contribution in [1.29, 1.82) is 0 Å². The van der Waals surface area contributed by atoms with E-state index < -0.39 is 5.97 Å². The summed E-state index contributed by atoms with van der Waals surface area (Å²) in [7, 11) is 0. The van der Waals surface area contributed by atoms with Crippen LogP contribution in [-0.4, -0.2) is 16.1 Å². The van der Waals surface area contributed by atoms with Crippen molar-refractivity contribution in [2.24, 2.45) is 5.92 Å². The maximum absolute atomic E-state index is 10.6. The molecule has 0 aromatic carbocycles. The van der Waals surface area contributed by atoms with E-state index >= 15 is 0 Å². The van der Waals surface area contributed by atoms with Gasteiger partial charge in [0, 0.05) is 23.8 Å². The largest absolute Gasteiger partial charge is 0.478 e. The number of allylic oxidation sites excluding steroid dienone is 1. The Morgan fingerprint density at radius 3 is 2.94 bits per heavy atom. The number of hydrogen-bond donors (Lipinski definition) is 1. The van der Waals surface area contributed by atoms with Crippen LogP contribution in [0.3, 0.4) is 0 Å². The SMILES string of the molecule is CC(C)Cc1nc2c(s1)C/C(=C/C(=O)O)CC2. The minimum atomic E-state index is -0.838. The van der Waals surface area contributed by atoms with E-state index in [0.29, 0.717) is 5.92 Å². The van der Waals surface area contributed by atoms with Gasteiger partial charge in [0.05, 0.1) is 10.7 Å². The summed E-state index contributed by atoms with van der Waals surface area (Å²) in [4.78, 5) is 16.6. The van der Waals surface area contributed by atoms with Crippen LogP contribution in [0.5, 0.6) is 0 Å². The Bertz CT molecular complexity index is 460. The fraction of sp³-hybridized carbons (Fsp3) is 0.538. The van der Waals surface area contributed by atoms with E-state index in [4.69, 9.17) is 5.11 Å².